The molecule has 22 heavy (non-hydrogen) atoms. The van der Waals surface area contributed by atoms with E-state index in [2.05, 4.69) is 12.2 Å². The second-order valence-corrected chi connectivity index (χ2v) is 5.19. The van der Waals surface area contributed by atoms with Gasteiger partial charge in [-0.15, -0.1) is 0 Å². The second kappa shape index (κ2) is 10.2. The van der Waals surface area contributed by atoms with E-state index < -0.39 is 6.09 Å². The molecule has 0 aliphatic rings. The fourth-order valence-electron chi connectivity index (χ4n) is 2.32. The molecule has 0 aliphatic heterocycles. The number of carbonyl (C=O) groups excluding carboxylic acids is 1. The van der Waals surface area contributed by atoms with Gasteiger partial charge in [-0.1, -0.05) is 37.6 Å². The summed E-state index contributed by atoms with van der Waals surface area (Å²) in [6.45, 7) is 4.28. The molecule has 1 N–H and O–H groups in total. The van der Waals surface area contributed by atoms with E-state index in [0.717, 1.165) is 30.4 Å². The van der Waals surface area contributed by atoms with Crippen LogP contribution in [0.15, 0.2) is 24.3 Å². The molecule has 0 saturated heterocycles. The van der Waals surface area contributed by atoms with Crippen LogP contribution in [0.4, 0.5) is 4.79 Å². The van der Waals surface area contributed by atoms with Gasteiger partial charge in [0.25, 0.3) is 0 Å². The summed E-state index contributed by atoms with van der Waals surface area (Å²) < 4.78 is 16.4. The molecule has 0 radical (unpaired) electrons. The van der Waals surface area contributed by atoms with Gasteiger partial charge >= 0.3 is 6.09 Å². The van der Waals surface area contributed by atoms with E-state index in [1.807, 2.05) is 31.2 Å². The molecule has 5 heteroatoms. The first kappa shape index (κ1) is 18.5. The molecule has 0 spiro atoms. The first-order valence-electron chi connectivity index (χ1n) is 7.68. The summed E-state index contributed by atoms with van der Waals surface area (Å²) >= 11 is 0. The highest BCUT2D eigenvalue weighted by Crippen LogP contribution is 2.29. The van der Waals surface area contributed by atoms with Crippen molar-refractivity contribution in [2.24, 2.45) is 0 Å². The van der Waals surface area contributed by atoms with E-state index in [4.69, 9.17) is 14.2 Å². The monoisotopic (exact) mass is 309 g/mol. The van der Waals surface area contributed by atoms with Crippen molar-refractivity contribution in [1.82, 2.24) is 5.32 Å². The van der Waals surface area contributed by atoms with E-state index in [0.29, 0.717) is 0 Å². The third kappa shape index (κ3) is 5.66. The zero-order valence-electron chi connectivity index (χ0n) is 13.9. The molecule has 2 atom stereocenters. The van der Waals surface area contributed by atoms with Gasteiger partial charge in [-0.2, -0.15) is 0 Å². The molecule has 1 aromatic carbocycles. The molecule has 0 aromatic heterocycles. The third-order valence-electron chi connectivity index (χ3n) is 3.50. The number of rotatable bonds is 9. The topological polar surface area (TPSA) is 56.8 Å². The van der Waals surface area contributed by atoms with E-state index in [9.17, 15) is 4.79 Å². The van der Waals surface area contributed by atoms with Crippen molar-refractivity contribution in [2.45, 2.75) is 45.3 Å². The van der Waals surface area contributed by atoms with Gasteiger partial charge in [0.05, 0.1) is 0 Å². The predicted octanol–water partition coefficient (Wildman–Crippen LogP) is 3.57. The minimum Gasteiger partial charge on any atom is -0.443 e. The number of ether oxygens (including phenoxy) is 3. The summed E-state index contributed by atoms with van der Waals surface area (Å²) in [7, 11) is 3.13. The predicted molar refractivity (Wildman–Crippen MR) is 85.7 cm³/mol. The number of methoxy groups -OCH3 is 1. The molecule has 1 rings (SSSR count). The van der Waals surface area contributed by atoms with Gasteiger partial charge in [-0.05, 0) is 30.9 Å². The molecule has 0 aliphatic carbocycles. The third-order valence-corrected chi connectivity index (χ3v) is 3.50. The lowest BCUT2D eigenvalue weighted by molar-refractivity contribution is -0.118. The minimum absolute atomic E-state index is 0.152. The standard InChI is InChI=1S/C17H27NO4/c1-5-6-11-15(22-17(19)18-3)16(21-12-20-4)14-10-8-7-9-13(14)2/h7-10,15-16H,5-6,11-12H2,1-4H3,(H,18,19). The summed E-state index contributed by atoms with van der Waals surface area (Å²) in [4.78, 5) is 11.7. The molecule has 0 fully saturated rings. The maximum Gasteiger partial charge on any atom is 0.407 e. The first-order chi connectivity index (χ1) is 10.6. The van der Waals surface area contributed by atoms with E-state index in [1.54, 1.807) is 14.2 Å². The van der Waals surface area contributed by atoms with Crippen LogP contribution in [0, 0.1) is 6.92 Å². The molecule has 5 nitrogen and oxygen atoms in total. The minimum atomic E-state index is -0.444. The van der Waals surface area contributed by atoms with Crippen molar-refractivity contribution in [2.75, 3.05) is 21.0 Å². The quantitative estimate of drug-likeness (QED) is 0.708. The molecule has 0 heterocycles. The molecule has 0 saturated carbocycles. The molecule has 1 aromatic rings. The average Bonchev–Trinajstić information content (AvgIpc) is 2.53. The van der Waals surface area contributed by atoms with Crippen LogP contribution in [0.5, 0.6) is 0 Å². The van der Waals surface area contributed by atoms with E-state index >= 15 is 0 Å². The van der Waals surface area contributed by atoms with Crippen LogP contribution in [0.25, 0.3) is 0 Å². The summed E-state index contributed by atoms with van der Waals surface area (Å²) in [6, 6.07) is 7.96. The Labute approximate surface area is 132 Å². The van der Waals surface area contributed by atoms with Crippen LogP contribution in [0.3, 0.4) is 0 Å². The van der Waals surface area contributed by atoms with Crippen LogP contribution < -0.4 is 5.32 Å². The van der Waals surface area contributed by atoms with Crippen LogP contribution in [-0.4, -0.2) is 33.1 Å². The number of amides is 1. The molecular weight excluding hydrogens is 282 g/mol. The normalized spacial score (nSPS) is 13.5. The lowest BCUT2D eigenvalue weighted by Gasteiger charge is -2.28. The Bertz CT molecular complexity index is 450. The van der Waals surface area contributed by atoms with Crippen LogP contribution in [0.1, 0.15) is 43.4 Å². The van der Waals surface area contributed by atoms with Crippen molar-refractivity contribution < 1.29 is 19.0 Å². The number of alkyl carbamates (subject to hydrolysis) is 1. The fourth-order valence-corrected chi connectivity index (χ4v) is 2.32. The van der Waals surface area contributed by atoms with Crippen molar-refractivity contribution in [3.8, 4) is 0 Å². The highest BCUT2D eigenvalue weighted by molar-refractivity contribution is 5.67. The molecule has 124 valence electrons. The van der Waals surface area contributed by atoms with Crippen molar-refractivity contribution in [3.63, 3.8) is 0 Å². The number of unbranched alkanes of at least 4 members (excludes halogenated alkanes) is 1. The average molecular weight is 309 g/mol. The lowest BCUT2D eigenvalue weighted by Crippen LogP contribution is -2.32. The van der Waals surface area contributed by atoms with Gasteiger partial charge < -0.3 is 19.5 Å². The van der Waals surface area contributed by atoms with E-state index in [-0.39, 0.29) is 19.0 Å². The van der Waals surface area contributed by atoms with Gasteiger partial charge in [-0.25, -0.2) is 4.79 Å². The van der Waals surface area contributed by atoms with E-state index in [1.165, 1.54) is 0 Å². The van der Waals surface area contributed by atoms with Crippen molar-refractivity contribution in [3.05, 3.63) is 35.4 Å². The van der Waals surface area contributed by atoms with Crippen molar-refractivity contribution in [1.29, 1.82) is 0 Å². The Kier molecular flexibility index (Phi) is 8.55. The number of aryl methyl sites for hydroxylation is 1. The Morgan fingerprint density at radius 1 is 1.32 bits per heavy atom. The SMILES string of the molecule is CCCCC(OC(=O)NC)C(OCOC)c1ccccc1C. The number of carbonyl (C=O) groups is 1. The zero-order valence-corrected chi connectivity index (χ0v) is 13.9. The largest absolute Gasteiger partial charge is 0.443 e. The molecular formula is C17H27NO4. The van der Waals surface area contributed by atoms with Gasteiger partial charge in [0, 0.05) is 14.2 Å². The number of nitrogens with one attached hydrogen (secondary N) is 1. The Morgan fingerprint density at radius 3 is 2.64 bits per heavy atom. The number of benzene rings is 1. The molecule has 2 unspecified atom stereocenters. The summed E-state index contributed by atoms with van der Waals surface area (Å²) in [5.74, 6) is 0. The number of hydrogen-bond acceptors (Lipinski definition) is 4. The zero-order chi connectivity index (χ0) is 16.4. The Hall–Kier alpha value is -1.59. The van der Waals surface area contributed by atoms with Gasteiger partial charge in [0.15, 0.2) is 0 Å². The summed E-state index contributed by atoms with van der Waals surface area (Å²) in [5, 5.41) is 2.50. The number of hydrogen-bond donors (Lipinski definition) is 1. The highest BCUT2D eigenvalue weighted by Gasteiger charge is 2.28. The van der Waals surface area contributed by atoms with Gasteiger partial charge in [0.1, 0.15) is 19.0 Å². The maximum atomic E-state index is 11.7. The first-order valence-corrected chi connectivity index (χ1v) is 7.68. The second-order valence-electron chi connectivity index (χ2n) is 5.19. The smallest absolute Gasteiger partial charge is 0.407 e. The van der Waals surface area contributed by atoms with Gasteiger partial charge in [-0.3, -0.25) is 0 Å². The fraction of sp³-hybridized carbons (Fsp3) is 0.588. The van der Waals surface area contributed by atoms with Crippen LogP contribution in [-0.2, 0) is 14.2 Å². The lowest BCUT2D eigenvalue weighted by atomic mass is 9.96. The molecule has 1 amide bonds. The summed E-state index contributed by atoms with van der Waals surface area (Å²) in [6.07, 6.45) is 1.59. The summed E-state index contributed by atoms with van der Waals surface area (Å²) in [5.41, 5.74) is 2.12. The maximum absolute atomic E-state index is 11.7. The Morgan fingerprint density at radius 2 is 2.05 bits per heavy atom. The van der Waals surface area contributed by atoms with Crippen LogP contribution in [0.2, 0.25) is 0 Å². The van der Waals surface area contributed by atoms with Gasteiger partial charge in [0.2, 0.25) is 0 Å². The van der Waals surface area contributed by atoms with Crippen molar-refractivity contribution >= 4 is 6.09 Å². The highest BCUT2D eigenvalue weighted by atomic mass is 16.7. The Balaban J connectivity index is 3.01. The molecule has 0 bridgehead atoms. The van der Waals surface area contributed by atoms with Crippen LogP contribution >= 0.6 is 0 Å².